The van der Waals surface area contributed by atoms with Crippen molar-refractivity contribution >= 4 is 17.6 Å². The van der Waals surface area contributed by atoms with Gasteiger partial charge in [0.25, 0.3) is 0 Å². The molecule has 16 heavy (non-hydrogen) atoms. The summed E-state index contributed by atoms with van der Waals surface area (Å²) in [5.74, 6) is -0.133. The summed E-state index contributed by atoms with van der Waals surface area (Å²) >= 11 is 6.12. The number of carbonyl (C=O) groups excluding carboxylic acids is 1. The van der Waals surface area contributed by atoms with Crippen LogP contribution in [0.5, 0.6) is 0 Å². The number of ether oxygens (including phenoxy) is 1. The average molecular weight is 246 g/mol. The number of esters is 1. The third-order valence-corrected chi connectivity index (χ3v) is 3.32. The highest BCUT2D eigenvalue weighted by molar-refractivity contribution is 6.21. The van der Waals surface area contributed by atoms with Gasteiger partial charge in [-0.15, -0.1) is 11.6 Å². The average Bonchev–Trinajstić information content (AvgIpc) is 2.69. The summed E-state index contributed by atoms with van der Waals surface area (Å²) in [5.41, 5.74) is 0. The molecule has 92 valence electrons. The first-order chi connectivity index (χ1) is 7.74. The minimum Gasteiger partial charge on any atom is -0.469 e. The summed E-state index contributed by atoms with van der Waals surface area (Å²) in [4.78, 5) is 10.8. The van der Waals surface area contributed by atoms with Crippen LogP contribution < -0.4 is 5.32 Å². The first kappa shape index (κ1) is 13.5. The number of unbranched alkanes of at least 4 members (excludes halogenated alkanes) is 1. The maximum atomic E-state index is 10.8. The molecule has 0 aromatic carbocycles. The van der Waals surface area contributed by atoms with Crippen LogP contribution in [0.2, 0.25) is 0 Å². The molecule has 0 aromatic heterocycles. The highest BCUT2D eigenvalue weighted by atomic mass is 35.5. The zero-order valence-electron chi connectivity index (χ0n) is 9.75. The predicted molar refractivity (Wildman–Crippen MR) is 65.7 cm³/mol. The molecule has 1 fully saturated rings. The summed E-state index contributed by atoms with van der Waals surface area (Å²) in [6.45, 7) is 1.02. The van der Waals surface area contributed by atoms with E-state index in [1.807, 2.05) is 0 Å². The molecule has 1 saturated heterocycles. The van der Waals surface area contributed by atoms with Gasteiger partial charge in [0.15, 0.2) is 0 Å². The van der Waals surface area contributed by atoms with Crippen LogP contribution in [-0.2, 0) is 9.53 Å². The van der Waals surface area contributed by atoms with Crippen LogP contribution in [0.15, 0.2) is 12.2 Å². The zero-order chi connectivity index (χ0) is 11.8. The Labute approximate surface area is 102 Å². The van der Waals surface area contributed by atoms with Crippen LogP contribution >= 0.6 is 11.6 Å². The molecule has 4 heteroatoms. The van der Waals surface area contributed by atoms with Crippen LogP contribution in [0.1, 0.15) is 32.1 Å². The lowest BCUT2D eigenvalue weighted by molar-refractivity contribution is -0.140. The molecule has 0 aliphatic carbocycles. The molecule has 1 aliphatic heterocycles. The van der Waals surface area contributed by atoms with Crippen molar-refractivity contribution in [2.75, 3.05) is 13.7 Å². The molecule has 1 N–H and O–H groups in total. The Hall–Kier alpha value is -0.540. The zero-order valence-corrected chi connectivity index (χ0v) is 10.5. The minimum absolute atomic E-state index is 0.133. The Kier molecular flexibility index (Phi) is 6.50. The van der Waals surface area contributed by atoms with E-state index in [9.17, 15) is 4.79 Å². The van der Waals surface area contributed by atoms with Gasteiger partial charge in [0.1, 0.15) is 0 Å². The molecular weight excluding hydrogens is 226 g/mol. The lowest BCUT2D eigenvalue weighted by Crippen LogP contribution is -2.26. The van der Waals surface area contributed by atoms with E-state index in [4.69, 9.17) is 11.6 Å². The second kappa shape index (κ2) is 7.69. The van der Waals surface area contributed by atoms with Crippen molar-refractivity contribution in [1.82, 2.24) is 5.32 Å². The Morgan fingerprint density at radius 2 is 2.38 bits per heavy atom. The largest absolute Gasteiger partial charge is 0.469 e. The van der Waals surface area contributed by atoms with Gasteiger partial charge in [0.05, 0.1) is 12.5 Å². The fourth-order valence-corrected chi connectivity index (χ4v) is 2.09. The maximum absolute atomic E-state index is 10.8. The van der Waals surface area contributed by atoms with E-state index in [1.165, 1.54) is 7.11 Å². The molecule has 0 amide bonds. The summed E-state index contributed by atoms with van der Waals surface area (Å²) in [7, 11) is 1.42. The van der Waals surface area contributed by atoms with Crippen LogP contribution in [0, 0.1) is 0 Å². The Morgan fingerprint density at radius 3 is 3.00 bits per heavy atom. The van der Waals surface area contributed by atoms with E-state index in [1.54, 1.807) is 0 Å². The van der Waals surface area contributed by atoms with E-state index >= 15 is 0 Å². The third kappa shape index (κ3) is 4.99. The normalized spacial score (nSPS) is 25.1. The molecule has 0 saturated carbocycles. The monoisotopic (exact) mass is 245 g/mol. The molecule has 1 heterocycles. The number of nitrogens with one attached hydrogen (secondary N) is 1. The van der Waals surface area contributed by atoms with Gasteiger partial charge >= 0.3 is 5.97 Å². The van der Waals surface area contributed by atoms with Crippen molar-refractivity contribution in [2.45, 2.75) is 43.5 Å². The summed E-state index contributed by atoms with van der Waals surface area (Å²) in [6.07, 6.45) is 8.58. The van der Waals surface area contributed by atoms with Crippen LogP contribution in [0.3, 0.4) is 0 Å². The highest BCUT2D eigenvalue weighted by Gasteiger charge is 2.22. The number of allylic oxidation sites excluding steroid dienone is 1. The first-order valence-corrected chi connectivity index (χ1v) is 6.27. The predicted octanol–water partition coefficient (Wildman–Crippen LogP) is 2.25. The molecule has 0 spiro atoms. The van der Waals surface area contributed by atoms with Crippen LogP contribution in [0.25, 0.3) is 0 Å². The number of hydrogen-bond acceptors (Lipinski definition) is 3. The summed E-state index contributed by atoms with van der Waals surface area (Å²) in [6, 6.07) is 0.415. The lowest BCUT2D eigenvalue weighted by atomic mass is 10.1. The molecular formula is C12H20ClNO2. The first-order valence-electron chi connectivity index (χ1n) is 5.83. The molecule has 0 unspecified atom stereocenters. The number of methoxy groups -OCH3 is 1. The van der Waals surface area contributed by atoms with Crippen molar-refractivity contribution in [1.29, 1.82) is 0 Å². The molecule has 0 aromatic rings. The topological polar surface area (TPSA) is 38.3 Å². The van der Waals surface area contributed by atoms with Gasteiger partial charge in [-0.05, 0) is 32.2 Å². The smallest absolute Gasteiger partial charge is 0.305 e. The maximum Gasteiger partial charge on any atom is 0.305 e. The fourth-order valence-electron chi connectivity index (χ4n) is 1.79. The molecule has 1 aliphatic rings. The number of carbonyl (C=O) groups is 1. The van der Waals surface area contributed by atoms with E-state index in [0.717, 1.165) is 32.2 Å². The second-order valence-electron chi connectivity index (χ2n) is 4.04. The van der Waals surface area contributed by atoms with Crippen LogP contribution in [0.4, 0.5) is 0 Å². The van der Waals surface area contributed by atoms with E-state index < -0.39 is 0 Å². The standard InChI is InChI=1S/C12H20ClNO2/c1-16-12(15)7-5-3-2-4-6-11-10(13)8-9-14-11/h2,4,10-11,14H,3,5-9H2,1H3/b4-2-/t10-,11-/m1/s1. The molecule has 3 nitrogen and oxygen atoms in total. The summed E-state index contributed by atoms with van der Waals surface area (Å²) < 4.78 is 4.56. The van der Waals surface area contributed by atoms with E-state index in [0.29, 0.717) is 12.5 Å². The van der Waals surface area contributed by atoms with Gasteiger partial charge in [0.2, 0.25) is 0 Å². The van der Waals surface area contributed by atoms with Gasteiger partial charge in [-0.3, -0.25) is 4.79 Å². The Morgan fingerprint density at radius 1 is 1.56 bits per heavy atom. The van der Waals surface area contributed by atoms with Gasteiger partial charge in [-0.2, -0.15) is 0 Å². The molecule has 0 bridgehead atoms. The Bertz CT molecular complexity index is 243. The quantitative estimate of drug-likeness (QED) is 0.338. The summed E-state index contributed by atoms with van der Waals surface area (Å²) in [5, 5.41) is 3.63. The van der Waals surface area contributed by atoms with Crippen LogP contribution in [-0.4, -0.2) is 31.0 Å². The van der Waals surface area contributed by atoms with Crippen molar-refractivity contribution in [3.05, 3.63) is 12.2 Å². The van der Waals surface area contributed by atoms with Crippen molar-refractivity contribution in [2.24, 2.45) is 0 Å². The SMILES string of the molecule is COC(=O)CCC/C=C\C[C@H]1NCC[C@H]1Cl. The van der Waals surface area contributed by atoms with E-state index in [2.05, 4.69) is 22.2 Å². The van der Waals surface area contributed by atoms with Gasteiger partial charge in [0, 0.05) is 12.5 Å². The fraction of sp³-hybridized carbons (Fsp3) is 0.750. The minimum atomic E-state index is -0.133. The van der Waals surface area contributed by atoms with Gasteiger partial charge < -0.3 is 10.1 Å². The molecule has 1 rings (SSSR count). The number of halogens is 1. The van der Waals surface area contributed by atoms with Gasteiger partial charge in [-0.1, -0.05) is 12.2 Å². The highest BCUT2D eigenvalue weighted by Crippen LogP contribution is 2.16. The van der Waals surface area contributed by atoms with Crippen molar-refractivity contribution in [3.8, 4) is 0 Å². The Balaban J connectivity index is 2.02. The molecule has 0 radical (unpaired) electrons. The molecule has 2 atom stereocenters. The third-order valence-electron chi connectivity index (χ3n) is 2.80. The van der Waals surface area contributed by atoms with Gasteiger partial charge in [-0.25, -0.2) is 0 Å². The van der Waals surface area contributed by atoms with Crippen molar-refractivity contribution in [3.63, 3.8) is 0 Å². The number of rotatable bonds is 6. The number of alkyl halides is 1. The number of hydrogen-bond donors (Lipinski definition) is 1. The van der Waals surface area contributed by atoms with Crippen molar-refractivity contribution < 1.29 is 9.53 Å². The lowest BCUT2D eigenvalue weighted by Gasteiger charge is -2.10. The van der Waals surface area contributed by atoms with E-state index in [-0.39, 0.29) is 11.3 Å². The second-order valence-corrected chi connectivity index (χ2v) is 4.60.